The molecule has 1 fully saturated rings. The van der Waals surface area contributed by atoms with E-state index in [1.807, 2.05) is 0 Å². The fourth-order valence-electron chi connectivity index (χ4n) is 5.02. The molecule has 12 nitrogen and oxygen atoms in total. The number of aliphatic hydroxyl groups is 1. The van der Waals surface area contributed by atoms with E-state index in [1.165, 1.54) is 43.3 Å². The predicted octanol–water partition coefficient (Wildman–Crippen LogP) is 4.39. The first kappa shape index (κ1) is 33.7. The number of nitrogens with zero attached hydrogens (tertiary/aromatic N) is 2. The molecule has 0 saturated heterocycles. The van der Waals surface area contributed by atoms with Crippen LogP contribution in [0.25, 0.3) is 0 Å². The number of carbonyl (C=O) groups excluding carboxylic acids is 2. The lowest BCUT2D eigenvalue weighted by Crippen LogP contribution is -2.56. The second-order valence-electron chi connectivity index (χ2n) is 12.9. The predicted molar refractivity (Wildman–Crippen MR) is 159 cm³/mol. The highest BCUT2D eigenvalue weighted by atomic mass is 32.2. The molecule has 4 atom stereocenters. The van der Waals surface area contributed by atoms with Crippen LogP contribution in [0.15, 0.2) is 58.5 Å². The number of carbonyl (C=O) groups is 2. The molecule has 1 aliphatic carbocycles. The van der Waals surface area contributed by atoms with E-state index in [0.717, 1.165) is 5.56 Å². The minimum Gasteiger partial charge on any atom is -0.460 e. The number of nitro benzene ring substituents is 1. The maximum atomic E-state index is 13.9. The molecule has 0 aliphatic heterocycles. The van der Waals surface area contributed by atoms with Crippen molar-refractivity contribution < 1.29 is 37.5 Å². The Hall–Kier alpha value is -3.84. The normalized spacial score (nSPS) is 23.8. The SMILES string of the molecule is Cc1ccc(S(=O)(=O)N/N=C2/C[C@](C)(O)[C@H](C(=O)OC(C)(C)C)[C@H](c3cccc([N+](=O)[O-])c3)[C@H]2C(=O)OC(C)(C)C)cc1. The summed E-state index contributed by atoms with van der Waals surface area (Å²) in [4.78, 5) is 40.7. The van der Waals surface area contributed by atoms with E-state index in [1.54, 1.807) is 60.6 Å². The molecule has 2 aromatic carbocycles. The summed E-state index contributed by atoms with van der Waals surface area (Å²) in [5, 5.41) is 27.5. The first-order chi connectivity index (χ1) is 19.6. The lowest BCUT2D eigenvalue weighted by molar-refractivity contribution is -0.385. The average Bonchev–Trinajstić information content (AvgIpc) is 2.84. The van der Waals surface area contributed by atoms with Crippen molar-refractivity contribution in [2.45, 2.75) is 89.4 Å². The molecule has 3 rings (SSSR count). The summed E-state index contributed by atoms with van der Waals surface area (Å²) in [7, 11) is -4.20. The van der Waals surface area contributed by atoms with Crippen molar-refractivity contribution in [1.82, 2.24) is 4.83 Å². The molecule has 1 saturated carbocycles. The van der Waals surface area contributed by atoms with Gasteiger partial charge in [-0.2, -0.15) is 13.5 Å². The summed E-state index contributed by atoms with van der Waals surface area (Å²) in [5.41, 5.74) is -3.33. The molecule has 234 valence electrons. The number of benzene rings is 2. The summed E-state index contributed by atoms with van der Waals surface area (Å²) >= 11 is 0. The second kappa shape index (κ2) is 12.0. The number of hydrogen-bond donors (Lipinski definition) is 2. The van der Waals surface area contributed by atoms with Crippen molar-refractivity contribution in [3.8, 4) is 0 Å². The molecule has 0 aromatic heterocycles. The van der Waals surface area contributed by atoms with Gasteiger partial charge in [-0.1, -0.05) is 29.8 Å². The van der Waals surface area contributed by atoms with E-state index in [4.69, 9.17) is 9.47 Å². The smallest absolute Gasteiger partial charge is 0.315 e. The molecule has 0 heterocycles. The molecule has 13 heteroatoms. The molecule has 0 radical (unpaired) electrons. The van der Waals surface area contributed by atoms with Gasteiger partial charge in [0.25, 0.3) is 15.7 Å². The van der Waals surface area contributed by atoms with E-state index < -0.39 is 67.9 Å². The van der Waals surface area contributed by atoms with Gasteiger partial charge in [0.05, 0.1) is 27.0 Å². The van der Waals surface area contributed by atoms with E-state index >= 15 is 0 Å². The number of nitrogens with one attached hydrogen (secondary N) is 1. The van der Waals surface area contributed by atoms with Gasteiger partial charge in [-0.15, -0.1) is 0 Å². The molecule has 1 aliphatic rings. The first-order valence-corrected chi connectivity index (χ1v) is 15.2. The number of ether oxygens (including phenoxy) is 2. The Morgan fingerprint density at radius 1 is 1.02 bits per heavy atom. The minimum absolute atomic E-state index is 0.0827. The highest BCUT2D eigenvalue weighted by molar-refractivity contribution is 7.89. The minimum atomic E-state index is -4.20. The molecule has 0 amide bonds. The summed E-state index contributed by atoms with van der Waals surface area (Å²) in [6.07, 6.45) is -0.414. The van der Waals surface area contributed by atoms with Crippen LogP contribution in [0.2, 0.25) is 0 Å². The number of esters is 2. The van der Waals surface area contributed by atoms with Crippen LogP contribution in [-0.2, 0) is 29.1 Å². The number of rotatable bonds is 7. The molecular formula is C30H39N3O9S. The standard InChI is InChI=1S/C30H39N3O9S/c1-18-12-14-21(15-13-18)43(39,40)32-31-22-17-30(8,36)25(27(35)42-29(5,6)7)23(24(22)26(34)41-28(2,3)4)19-10-9-11-20(16-19)33(37)38/h9-16,23-25,32,36H,17H2,1-8H3/b31-22-/t23-,24+,25+,30+/m1/s1. The van der Waals surface area contributed by atoms with Crippen LogP contribution in [0.1, 0.15) is 71.9 Å². The van der Waals surface area contributed by atoms with E-state index in [9.17, 15) is 33.2 Å². The lowest BCUT2D eigenvalue weighted by atomic mass is 9.61. The number of aryl methyl sites for hydroxylation is 1. The van der Waals surface area contributed by atoms with Gasteiger partial charge in [-0.3, -0.25) is 19.7 Å². The Morgan fingerprint density at radius 2 is 1.58 bits per heavy atom. The molecular weight excluding hydrogens is 578 g/mol. The van der Waals surface area contributed by atoms with Crippen LogP contribution in [0.4, 0.5) is 5.69 Å². The largest absolute Gasteiger partial charge is 0.460 e. The average molecular weight is 618 g/mol. The maximum absolute atomic E-state index is 13.9. The second-order valence-corrected chi connectivity index (χ2v) is 14.6. The summed E-state index contributed by atoms with van der Waals surface area (Å²) in [5.74, 6) is -5.84. The number of non-ortho nitro benzene ring substituents is 1. The zero-order chi connectivity index (χ0) is 32.5. The highest BCUT2D eigenvalue weighted by Crippen LogP contribution is 2.48. The molecule has 0 spiro atoms. The van der Waals surface area contributed by atoms with Gasteiger partial charge in [0.15, 0.2) is 0 Å². The summed E-state index contributed by atoms with van der Waals surface area (Å²) < 4.78 is 37.6. The van der Waals surface area contributed by atoms with E-state index in [-0.39, 0.29) is 21.9 Å². The Kier molecular flexibility index (Phi) is 9.42. The highest BCUT2D eigenvalue weighted by Gasteiger charge is 2.57. The van der Waals surface area contributed by atoms with Gasteiger partial charge >= 0.3 is 11.9 Å². The van der Waals surface area contributed by atoms with E-state index in [0.29, 0.717) is 0 Å². The third-order valence-electron chi connectivity index (χ3n) is 6.71. The van der Waals surface area contributed by atoms with Gasteiger partial charge in [0.2, 0.25) is 0 Å². The van der Waals surface area contributed by atoms with Crippen LogP contribution in [0.3, 0.4) is 0 Å². The Labute approximate surface area is 251 Å². The first-order valence-electron chi connectivity index (χ1n) is 13.7. The Bertz CT molecular complexity index is 1520. The Balaban J connectivity index is 2.27. The molecule has 0 bridgehead atoms. The molecule has 2 aromatic rings. The zero-order valence-corrected chi connectivity index (χ0v) is 26.4. The van der Waals surface area contributed by atoms with Crippen LogP contribution in [0.5, 0.6) is 0 Å². The lowest BCUT2D eigenvalue weighted by Gasteiger charge is -2.46. The van der Waals surface area contributed by atoms with Gasteiger partial charge in [-0.25, -0.2) is 4.83 Å². The van der Waals surface area contributed by atoms with Crippen molar-refractivity contribution >= 4 is 33.4 Å². The molecule has 43 heavy (non-hydrogen) atoms. The topological polar surface area (TPSA) is 174 Å². The zero-order valence-electron chi connectivity index (χ0n) is 25.6. The van der Waals surface area contributed by atoms with Gasteiger partial charge in [0, 0.05) is 24.5 Å². The third-order valence-corrected chi connectivity index (χ3v) is 7.94. The van der Waals surface area contributed by atoms with Gasteiger partial charge in [0.1, 0.15) is 17.1 Å². The third kappa shape index (κ3) is 8.38. The summed E-state index contributed by atoms with van der Waals surface area (Å²) in [6.45, 7) is 13.0. The number of hydrazone groups is 1. The van der Waals surface area contributed by atoms with Crippen molar-refractivity contribution in [1.29, 1.82) is 0 Å². The maximum Gasteiger partial charge on any atom is 0.315 e. The van der Waals surface area contributed by atoms with E-state index in [2.05, 4.69) is 9.93 Å². The summed E-state index contributed by atoms with van der Waals surface area (Å²) in [6, 6.07) is 11.3. The van der Waals surface area contributed by atoms with Crippen molar-refractivity contribution in [3.05, 3.63) is 69.8 Å². The number of nitro groups is 1. The van der Waals surface area contributed by atoms with Crippen LogP contribution >= 0.6 is 0 Å². The Morgan fingerprint density at radius 3 is 2.12 bits per heavy atom. The number of hydrogen-bond acceptors (Lipinski definition) is 10. The quantitative estimate of drug-likeness (QED) is 0.259. The van der Waals surface area contributed by atoms with Crippen molar-refractivity contribution in [3.63, 3.8) is 0 Å². The fraction of sp³-hybridized carbons (Fsp3) is 0.500. The molecule has 2 N–H and O–H groups in total. The van der Waals surface area contributed by atoms with Crippen molar-refractivity contribution in [2.24, 2.45) is 16.9 Å². The molecule has 0 unspecified atom stereocenters. The van der Waals surface area contributed by atoms with Crippen molar-refractivity contribution in [2.75, 3.05) is 0 Å². The van der Waals surface area contributed by atoms with Gasteiger partial charge in [-0.05, 0) is 73.1 Å². The monoisotopic (exact) mass is 617 g/mol. The van der Waals surface area contributed by atoms with Gasteiger partial charge < -0.3 is 14.6 Å². The van der Waals surface area contributed by atoms with Crippen LogP contribution in [-0.4, -0.2) is 52.9 Å². The van der Waals surface area contributed by atoms with Crippen LogP contribution < -0.4 is 4.83 Å². The fourth-order valence-corrected chi connectivity index (χ4v) is 5.85. The van der Waals surface area contributed by atoms with Crippen LogP contribution in [0, 0.1) is 28.9 Å². The number of sulfonamides is 1.